The van der Waals surface area contributed by atoms with Crippen LogP contribution in [0, 0.1) is 0 Å². The van der Waals surface area contributed by atoms with Crippen molar-refractivity contribution >= 4 is 17.5 Å². The lowest BCUT2D eigenvalue weighted by Crippen LogP contribution is -2.12. The number of benzene rings is 1. The van der Waals surface area contributed by atoms with Gasteiger partial charge in [-0.05, 0) is 19.4 Å². The lowest BCUT2D eigenvalue weighted by atomic mass is 9.97. The van der Waals surface area contributed by atoms with Gasteiger partial charge in [0.25, 0.3) is 0 Å². The molecule has 0 fully saturated rings. The van der Waals surface area contributed by atoms with E-state index in [2.05, 4.69) is 22.5 Å². The molecule has 6 heteroatoms. The van der Waals surface area contributed by atoms with Crippen LogP contribution in [0.5, 0.6) is 0 Å². The highest BCUT2D eigenvalue weighted by Gasteiger charge is 2.26. The molecule has 0 radical (unpaired) electrons. The van der Waals surface area contributed by atoms with E-state index in [9.17, 15) is 9.59 Å². The first-order valence-corrected chi connectivity index (χ1v) is 7.98. The third-order valence-electron chi connectivity index (χ3n) is 3.50. The number of ether oxygens (including phenoxy) is 2. The zero-order valence-corrected chi connectivity index (χ0v) is 14.3. The molecule has 2 rings (SSSR count). The van der Waals surface area contributed by atoms with Gasteiger partial charge in [0.2, 0.25) is 0 Å². The van der Waals surface area contributed by atoms with Crippen molar-refractivity contribution in [2.75, 3.05) is 13.2 Å². The Kier molecular flexibility index (Phi) is 6.32. The summed E-state index contributed by atoms with van der Waals surface area (Å²) < 4.78 is 10.1. The van der Waals surface area contributed by atoms with Gasteiger partial charge in [-0.25, -0.2) is 9.59 Å². The normalized spacial score (nSPS) is 10.0. The summed E-state index contributed by atoms with van der Waals surface area (Å²) in [6, 6.07) is 9.49. The highest BCUT2D eigenvalue weighted by molar-refractivity contribution is 5.96. The summed E-state index contributed by atoms with van der Waals surface area (Å²) in [5.74, 6) is -1.17. The predicted molar refractivity (Wildman–Crippen MR) is 93.2 cm³/mol. The molecule has 0 spiro atoms. The van der Waals surface area contributed by atoms with Crippen molar-refractivity contribution < 1.29 is 19.1 Å². The second-order valence-corrected chi connectivity index (χ2v) is 5.06. The molecule has 0 bridgehead atoms. The number of rotatable bonds is 7. The average molecular weight is 340 g/mol. The van der Waals surface area contributed by atoms with Gasteiger partial charge >= 0.3 is 11.9 Å². The van der Waals surface area contributed by atoms with E-state index in [0.717, 1.165) is 11.1 Å². The number of aromatic amines is 1. The molecule has 0 unspecified atom stereocenters. The molecule has 0 saturated heterocycles. The van der Waals surface area contributed by atoms with Gasteiger partial charge in [-0.3, -0.25) is 5.10 Å². The van der Waals surface area contributed by atoms with E-state index in [1.807, 2.05) is 30.3 Å². The quantitative estimate of drug-likeness (QED) is 0.618. The molecule has 0 aliphatic rings. The van der Waals surface area contributed by atoms with Crippen molar-refractivity contribution in [3.63, 3.8) is 0 Å². The van der Waals surface area contributed by atoms with Gasteiger partial charge in [-0.15, -0.1) is 5.73 Å². The van der Waals surface area contributed by atoms with Crippen molar-refractivity contribution in [1.29, 1.82) is 0 Å². The number of H-pyrrole nitrogens is 1. The number of hydrogen-bond donors (Lipinski definition) is 1. The number of carbonyl (C=O) groups excluding carboxylic acids is 2. The fraction of sp³-hybridized carbons (Fsp3) is 0.263. The van der Waals surface area contributed by atoms with Crippen molar-refractivity contribution in [2.45, 2.75) is 20.3 Å². The molecular formula is C19H20N2O4. The van der Waals surface area contributed by atoms with Gasteiger partial charge < -0.3 is 9.47 Å². The van der Waals surface area contributed by atoms with Gasteiger partial charge in [-0.1, -0.05) is 36.9 Å². The van der Waals surface area contributed by atoms with E-state index in [4.69, 9.17) is 9.47 Å². The monoisotopic (exact) mass is 340 g/mol. The SMILES string of the molecule is C=C=C(Cc1c(C(=O)OCC)n[nH]c1C(=O)OCC)c1ccccc1. The van der Waals surface area contributed by atoms with Crippen LogP contribution in [-0.4, -0.2) is 35.3 Å². The first-order valence-electron chi connectivity index (χ1n) is 7.98. The Balaban J connectivity index is 2.45. The van der Waals surface area contributed by atoms with E-state index in [0.29, 0.717) is 5.56 Å². The molecule has 0 aliphatic heterocycles. The Labute approximate surface area is 146 Å². The zero-order valence-electron chi connectivity index (χ0n) is 14.3. The lowest BCUT2D eigenvalue weighted by molar-refractivity contribution is 0.0513. The Morgan fingerprint density at radius 3 is 2.36 bits per heavy atom. The molecule has 0 atom stereocenters. The van der Waals surface area contributed by atoms with Gasteiger partial charge in [0.15, 0.2) is 5.69 Å². The largest absolute Gasteiger partial charge is 0.461 e. The Hall–Kier alpha value is -3.11. The molecular weight excluding hydrogens is 320 g/mol. The molecule has 6 nitrogen and oxygen atoms in total. The summed E-state index contributed by atoms with van der Waals surface area (Å²) in [5, 5.41) is 6.55. The number of allylic oxidation sites excluding steroid dienone is 1. The Bertz CT molecular complexity index is 767. The number of esters is 2. The maximum Gasteiger partial charge on any atom is 0.359 e. The molecule has 1 aromatic heterocycles. The van der Waals surface area contributed by atoms with Crippen LogP contribution < -0.4 is 0 Å². The topological polar surface area (TPSA) is 81.3 Å². The molecule has 130 valence electrons. The van der Waals surface area contributed by atoms with E-state index >= 15 is 0 Å². The summed E-state index contributed by atoms with van der Waals surface area (Å²) in [6.45, 7) is 7.55. The van der Waals surface area contributed by atoms with Crippen molar-refractivity contribution in [3.05, 3.63) is 65.2 Å². The van der Waals surface area contributed by atoms with Gasteiger partial charge in [0.05, 0.1) is 13.2 Å². The van der Waals surface area contributed by atoms with Gasteiger partial charge in [0.1, 0.15) is 5.69 Å². The van der Waals surface area contributed by atoms with Crippen molar-refractivity contribution in [2.24, 2.45) is 0 Å². The minimum Gasteiger partial charge on any atom is -0.461 e. The predicted octanol–water partition coefficient (Wildman–Crippen LogP) is 3.17. The standard InChI is InChI=1S/C19H20N2O4/c1-4-13(14-10-8-7-9-11-14)12-15-16(18(22)24-5-2)20-21-17(15)19(23)25-6-3/h7-11H,1,5-6,12H2,2-3H3,(H,20,21). The summed E-state index contributed by atoms with van der Waals surface area (Å²) in [4.78, 5) is 24.3. The number of nitrogens with one attached hydrogen (secondary N) is 1. The molecule has 25 heavy (non-hydrogen) atoms. The molecule has 0 amide bonds. The molecule has 2 aromatic rings. The van der Waals surface area contributed by atoms with Crippen LogP contribution in [0.4, 0.5) is 0 Å². The molecule has 1 aromatic carbocycles. The van der Waals surface area contributed by atoms with Crippen LogP contribution in [0.15, 0.2) is 42.6 Å². The van der Waals surface area contributed by atoms with Crippen molar-refractivity contribution in [1.82, 2.24) is 10.2 Å². The smallest absolute Gasteiger partial charge is 0.359 e. The van der Waals surface area contributed by atoms with Crippen LogP contribution >= 0.6 is 0 Å². The van der Waals surface area contributed by atoms with Crippen molar-refractivity contribution in [3.8, 4) is 0 Å². The fourth-order valence-corrected chi connectivity index (χ4v) is 2.36. The number of carbonyl (C=O) groups is 2. The third-order valence-corrected chi connectivity index (χ3v) is 3.50. The summed E-state index contributed by atoms with van der Waals surface area (Å²) >= 11 is 0. The third kappa shape index (κ3) is 4.25. The average Bonchev–Trinajstić information content (AvgIpc) is 3.04. The van der Waals surface area contributed by atoms with Crippen LogP contribution in [0.2, 0.25) is 0 Å². The van der Waals surface area contributed by atoms with Crippen LogP contribution in [-0.2, 0) is 15.9 Å². The zero-order chi connectivity index (χ0) is 18.2. The van der Waals surface area contributed by atoms with Crippen LogP contribution in [0.1, 0.15) is 46.0 Å². The number of aromatic nitrogens is 2. The Morgan fingerprint density at radius 1 is 1.12 bits per heavy atom. The summed E-state index contributed by atoms with van der Waals surface area (Å²) in [7, 11) is 0. The highest BCUT2D eigenvalue weighted by Crippen LogP contribution is 2.23. The van der Waals surface area contributed by atoms with E-state index in [-0.39, 0.29) is 31.0 Å². The number of hydrogen-bond acceptors (Lipinski definition) is 5. The molecule has 1 N–H and O–H groups in total. The summed E-state index contributed by atoms with van der Waals surface area (Å²) in [6.07, 6.45) is 0.242. The first-order chi connectivity index (χ1) is 12.1. The van der Waals surface area contributed by atoms with Gasteiger partial charge in [-0.2, -0.15) is 5.10 Å². The molecule has 0 aliphatic carbocycles. The van der Waals surface area contributed by atoms with E-state index in [1.165, 1.54) is 0 Å². The minimum atomic E-state index is -0.597. The highest BCUT2D eigenvalue weighted by atomic mass is 16.5. The Morgan fingerprint density at radius 2 is 1.76 bits per heavy atom. The molecule has 0 saturated carbocycles. The van der Waals surface area contributed by atoms with Crippen LogP contribution in [0.3, 0.4) is 0 Å². The number of nitrogens with zero attached hydrogens (tertiary/aromatic N) is 1. The maximum atomic E-state index is 12.2. The molecule has 1 heterocycles. The minimum absolute atomic E-state index is 0.0635. The first kappa shape index (κ1) is 18.2. The van der Waals surface area contributed by atoms with Crippen LogP contribution in [0.25, 0.3) is 5.57 Å². The van der Waals surface area contributed by atoms with E-state index in [1.54, 1.807) is 13.8 Å². The second-order valence-electron chi connectivity index (χ2n) is 5.06. The summed E-state index contributed by atoms with van der Waals surface area (Å²) in [5.41, 5.74) is 5.11. The van der Waals surface area contributed by atoms with E-state index < -0.39 is 11.9 Å². The maximum absolute atomic E-state index is 12.2. The fourth-order valence-electron chi connectivity index (χ4n) is 2.36. The second kappa shape index (κ2) is 8.66. The van der Waals surface area contributed by atoms with Gasteiger partial charge in [0, 0.05) is 17.6 Å². The lowest BCUT2D eigenvalue weighted by Gasteiger charge is -2.08.